The molecule has 0 spiro atoms. The molecule has 1 rings (SSSR count). The second-order valence-corrected chi connectivity index (χ2v) is 3.04. The molecule has 0 aliphatic rings. The van der Waals surface area contributed by atoms with Crippen molar-refractivity contribution in [3.05, 3.63) is 30.1 Å². The Morgan fingerprint density at radius 1 is 1.46 bits per heavy atom. The number of para-hydroxylation sites is 1. The van der Waals surface area contributed by atoms with Gasteiger partial charge in [-0.3, -0.25) is 0 Å². The van der Waals surface area contributed by atoms with Crippen LogP contribution in [0.15, 0.2) is 24.3 Å². The van der Waals surface area contributed by atoms with Gasteiger partial charge in [-0.25, -0.2) is 4.39 Å². The Morgan fingerprint density at radius 2 is 2.15 bits per heavy atom. The molecule has 0 radical (unpaired) electrons. The van der Waals surface area contributed by atoms with E-state index in [0.717, 1.165) is 6.42 Å². The molecule has 1 atom stereocenters. The molecule has 3 heteroatoms. The molecule has 72 valence electrons. The first-order chi connectivity index (χ1) is 6.20. The van der Waals surface area contributed by atoms with Gasteiger partial charge in [-0.15, -0.1) is 0 Å². The average Bonchev–Trinajstić information content (AvgIpc) is 2.08. The van der Waals surface area contributed by atoms with Gasteiger partial charge in [0.2, 0.25) is 0 Å². The molecule has 0 bridgehead atoms. The summed E-state index contributed by atoms with van der Waals surface area (Å²) < 4.78 is 18.2. The van der Waals surface area contributed by atoms with Crippen molar-refractivity contribution in [1.82, 2.24) is 0 Å². The minimum atomic E-state index is -0.327. The molecule has 1 aromatic rings. The van der Waals surface area contributed by atoms with Crippen LogP contribution in [-0.4, -0.2) is 12.6 Å². The molecular formula is C10H14FNO. The number of rotatable bonds is 4. The third-order valence-electron chi connectivity index (χ3n) is 1.67. The van der Waals surface area contributed by atoms with Crippen molar-refractivity contribution in [3.63, 3.8) is 0 Å². The van der Waals surface area contributed by atoms with Gasteiger partial charge in [0.1, 0.15) is 0 Å². The van der Waals surface area contributed by atoms with E-state index in [4.69, 9.17) is 10.5 Å². The lowest BCUT2D eigenvalue weighted by Gasteiger charge is -2.08. The summed E-state index contributed by atoms with van der Waals surface area (Å²) in [5.41, 5.74) is 5.52. The molecule has 2 N–H and O–H groups in total. The predicted molar refractivity (Wildman–Crippen MR) is 50.2 cm³/mol. The lowest BCUT2D eigenvalue weighted by atomic mass is 10.3. The maximum Gasteiger partial charge on any atom is 0.165 e. The number of hydrogen-bond acceptors (Lipinski definition) is 2. The summed E-state index contributed by atoms with van der Waals surface area (Å²) in [6.07, 6.45) is 0.730. The molecule has 1 aromatic carbocycles. The number of halogens is 1. The summed E-state index contributed by atoms with van der Waals surface area (Å²) in [5, 5.41) is 0. The van der Waals surface area contributed by atoms with Gasteiger partial charge in [0, 0.05) is 6.04 Å². The van der Waals surface area contributed by atoms with E-state index >= 15 is 0 Å². The molecule has 0 aliphatic heterocycles. The smallest absolute Gasteiger partial charge is 0.165 e. The molecule has 0 amide bonds. The van der Waals surface area contributed by atoms with Crippen LogP contribution in [-0.2, 0) is 0 Å². The molecule has 2 nitrogen and oxygen atoms in total. The molecule has 0 unspecified atom stereocenters. The highest BCUT2D eigenvalue weighted by atomic mass is 19.1. The van der Waals surface area contributed by atoms with Gasteiger partial charge in [-0.2, -0.15) is 0 Å². The summed E-state index contributed by atoms with van der Waals surface area (Å²) in [6, 6.07) is 6.45. The molecule has 0 saturated carbocycles. The van der Waals surface area contributed by atoms with Gasteiger partial charge in [0.25, 0.3) is 0 Å². The van der Waals surface area contributed by atoms with Crippen molar-refractivity contribution >= 4 is 0 Å². The molecule has 0 aliphatic carbocycles. The molecule has 0 aromatic heterocycles. The summed E-state index contributed by atoms with van der Waals surface area (Å²) in [5.74, 6) is -0.0321. The number of hydrogen-bond donors (Lipinski definition) is 1. The van der Waals surface area contributed by atoms with Crippen LogP contribution in [0.5, 0.6) is 5.75 Å². The number of nitrogens with two attached hydrogens (primary N) is 1. The summed E-state index contributed by atoms with van der Waals surface area (Å²) >= 11 is 0. The molecule has 13 heavy (non-hydrogen) atoms. The second kappa shape index (κ2) is 4.82. The Bertz CT molecular complexity index is 263. The fourth-order valence-electron chi connectivity index (χ4n) is 0.917. The van der Waals surface area contributed by atoms with Crippen LogP contribution in [0.1, 0.15) is 13.3 Å². The first-order valence-corrected chi connectivity index (χ1v) is 4.33. The van der Waals surface area contributed by atoms with Crippen LogP contribution in [0.3, 0.4) is 0 Å². The summed E-state index contributed by atoms with van der Waals surface area (Å²) in [4.78, 5) is 0. The van der Waals surface area contributed by atoms with Crippen LogP contribution < -0.4 is 10.5 Å². The van der Waals surface area contributed by atoms with E-state index in [0.29, 0.717) is 12.4 Å². The molecule has 0 heterocycles. The standard InChI is InChI=1S/C10H14FNO/c1-8(12)6-7-13-10-5-3-2-4-9(10)11/h2-5,8H,6-7,12H2,1H3/t8-/m1/s1. The topological polar surface area (TPSA) is 35.2 Å². The maximum absolute atomic E-state index is 13.0. The van der Waals surface area contributed by atoms with E-state index in [-0.39, 0.29) is 11.9 Å². The Labute approximate surface area is 77.5 Å². The first kappa shape index (κ1) is 9.99. The zero-order chi connectivity index (χ0) is 9.68. The highest BCUT2D eigenvalue weighted by Gasteiger charge is 2.01. The SMILES string of the molecule is C[C@@H](N)CCOc1ccccc1F. The minimum absolute atomic E-state index is 0.0896. The van der Waals surface area contributed by atoms with Crippen molar-refractivity contribution in [2.45, 2.75) is 19.4 Å². The van der Waals surface area contributed by atoms with Gasteiger partial charge in [-0.05, 0) is 25.5 Å². The van der Waals surface area contributed by atoms with Gasteiger partial charge in [0.15, 0.2) is 11.6 Å². The number of benzene rings is 1. The van der Waals surface area contributed by atoms with Crippen molar-refractivity contribution < 1.29 is 9.13 Å². The van der Waals surface area contributed by atoms with E-state index in [1.54, 1.807) is 18.2 Å². The predicted octanol–water partition coefficient (Wildman–Crippen LogP) is 1.94. The van der Waals surface area contributed by atoms with Gasteiger partial charge < -0.3 is 10.5 Å². The highest BCUT2D eigenvalue weighted by Crippen LogP contribution is 2.15. The Morgan fingerprint density at radius 3 is 2.77 bits per heavy atom. The second-order valence-electron chi connectivity index (χ2n) is 3.04. The van der Waals surface area contributed by atoms with Gasteiger partial charge >= 0.3 is 0 Å². The zero-order valence-corrected chi connectivity index (χ0v) is 7.66. The third-order valence-corrected chi connectivity index (χ3v) is 1.67. The zero-order valence-electron chi connectivity index (χ0n) is 7.66. The Hall–Kier alpha value is -1.09. The van der Waals surface area contributed by atoms with Crippen molar-refractivity contribution in [3.8, 4) is 5.75 Å². The van der Waals surface area contributed by atoms with Crippen LogP contribution >= 0.6 is 0 Å². The molecular weight excluding hydrogens is 169 g/mol. The van der Waals surface area contributed by atoms with Gasteiger partial charge in [-0.1, -0.05) is 12.1 Å². The lowest BCUT2D eigenvalue weighted by molar-refractivity contribution is 0.287. The van der Waals surface area contributed by atoms with Crippen molar-refractivity contribution in [1.29, 1.82) is 0 Å². The molecule has 0 fully saturated rings. The fourth-order valence-corrected chi connectivity index (χ4v) is 0.917. The van der Waals surface area contributed by atoms with Crippen LogP contribution in [0.4, 0.5) is 4.39 Å². The van der Waals surface area contributed by atoms with Crippen LogP contribution in [0, 0.1) is 5.82 Å². The van der Waals surface area contributed by atoms with E-state index in [9.17, 15) is 4.39 Å². The largest absolute Gasteiger partial charge is 0.490 e. The van der Waals surface area contributed by atoms with Crippen LogP contribution in [0.25, 0.3) is 0 Å². The summed E-state index contributed by atoms with van der Waals surface area (Å²) in [7, 11) is 0. The minimum Gasteiger partial charge on any atom is -0.490 e. The van der Waals surface area contributed by atoms with E-state index in [1.807, 2.05) is 6.92 Å². The van der Waals surface area contributed by atoms with E-state index in [2.05, 4.69) is 0 Å². The lowest BCUT2D eigenvalue weighted by Crippen LogP contribution is -2.18. The monoisotopic (exact) mass is 183 g/mol. The van der Waals surface area contributed by atoms with E-state index in [1.165, 1.54) is 6.07 Å². The highest BCUT2D eigenvalue weighted by molar-refractivity contribution is 5.23. The van der Waals surface area contributed by atoms with Gasteiger partial charge in [0.05, 0.1) is 6.61 Å². The van der Waals surface area contributed by atoms with Crippen molar-refractivity contribution in [2.75, 3.05) is 6.61 Å². The Balaban J connectivity index is 2.41. The Kier molecular flexibility index (Phi) is 3.71. The quantitative estimate of drug-likeness (QED) is 0.774. The average molecular weight is 183 g/mol. The van der Waals surface area contributed by atoms with Crippen molar-refractivity contribution in [2.24, 2.45) is 5.73 Å². The number of ether oxygens (including phenoxy) is 1. The summed E-state index contributed by atoms with van der Waals surface area (Å²) in [6.45, 7) is 2.35. The third kappa shape index (κ3) is 3.42. The molecule has 0 saturated heterocycles. The maximum atomic E-state index is 13.0. The van der Waals surface area contributed by atoms with Crippen LogP contribution in [0.2, 0.25) is 0 Å². The fraction of sp³-hybridized carbons (Fsp3) is 0.400. The normalized spacial score (nSPS) is 12.5. The van der Waals surface area contributed by atoms with E-state index < -0.39 is 0 Å². The first-order valence-electron chi connectivity index (χ1n) is 4.33.